The van der Waals surface area contributed by atoms with Gasteiger partial charge in [0.15, 0.2) is 0 Å². The van der Waals surface area contributed by atoms with Crippen molar-refractivity contribution in [1.82, 2.24) is 0 Å². The van der Waals surface area contributed by atoms with Gasteiger partial charge in [0.2, 0.25) is 0 Å². The number of fused-ring (bicyclic) bond motifs is 1. The Morgan fingerprint density at radius 2 is 2.00 bits per heavy atom. The largest absolute Gasteiger partial charge is 0.389 e. The van der Waals surface area contributed by atoms with E-state index in [2.05, 4.69) is 33.8 Å². The molecule has 1 fully saturated rings. The van der Waals surface area contributed by atoms with Crippen molar-refractivity contribution in [2.24, 2.45) is 17.3 Å². The molecule has 1 saturated carbocycles. The molecule has 1 N–H and O–H groups in total. The van der Waals surface area contributed by atoms with Crippen LogP contribution in [0.1, 0.15) is 59.8 Å². The summed E-state index contributed by atoms with van der Waals surface area (Å²) in [6.45, 7) is 9.07. The Bertz CT molecular complexity index is 297. The normalized spacial score (nSPS) is 40.2. The third-order valence-electron chi connectivity index (χ3n) is 4.62. The van der Waals surface area contributed by atoms with Crippen molar-refractivity contribution < 1.29 is 5.11 Å². The molecule has 0 bridgehead atoms. The van der Waals surface area contributed by atoms with Gasteiger partial charge in [-0.3, -0.25) is 0 Å². The average molecular weight is 222 g/mol. The van der Waals surface area contributed by atoms with Gasteiger partial charge in [-0.15, -0.1) is 0 Å². The van der Waals surface area contributed by atoms with Crippen LogP contribution in [0, 0.1) is 17.3 Å². The molecule has 1 heteroatoms. The maximum atomic E-state index is 10.9. The van der Waals surface area contributed by atoms with Crippen molar-refractivity contribution in [3.8, 4) is 0 Å². The number of rotatable bonds is 0. The molecule has 0 radical (unpaired) electrons. The van der Waals surface area contributed by atoms with Crippen molar-refractivity contribution >= 4 is 0 Å². The molecule has 0 amide bonds. The summed E-state index contributed by atoms with van der Waals surface area (Å²) in [6.07, 6.45) is 8.07. The highest BCUT2D eigenvalue weighted by Crippen LogP contribution is 2.49. The first-order chi connectivity index (χ1) is 7.33. The van der Waals surface area contributed by atoms with Crippen LogP contribution in [0.25, 0.3) is 0 Å². The Hall–Kier alpha value is -0.300. The molecule has 3 atom stereocenters. The molecule has 0 heterocycles. The smallest absolute Gasteiger partial charge is 0.0718 e. The van der Waals surface area contributed by atoms with Crippen molar-refractivity contribution in [2.45, 2.75) is 65.4 Å². The van der Waals surface area contributed by atoms with E-state index in [1.807, 2.05) is 0 Å². The van der Waals surface area contributed by atoms with Gasteiger partial charge < -0.3 is 5.11 Å². The van der Waals surface area contributed by atoms with E-state index in [0.717, 1.165) is 12.8 Å². The average Bonchev–Trinajstić information content (AvgIpc) is 2.15. The van der Waals surface area contributed by atoms with Gasteiger partial charge in [0.25, 0.3) is 0 Å². The van der Waals surface area contributed by atoms with Gasteiger partial charge in [-0.05, 0) is 36.5 Å². The summed E-state index contributed by atoms with van der Waals surface area (Å²) in [5, 5.41) is 10.9. The fraction of sp³-hybridized carbons (Fsp3) is 0.867. The van der Waals surface area contributed by atoms with Gasteiger partial charge in [-0.1, -0.05) is 52.2 Å². The Morgan fingerprint density at radius 3 is 2.62 bits per heavy atom. The first kappa shape index (κ1) is 12.2. The molecule has 0 aromatic heterocycles. The lowest BCUT2D eigenvalue weighted by molar-refractivity contribution is -0.0705. The predicted molar refractivity (Wildman–Crippen MR) is 68.2 cm³/mol. The van der Waals surface area contributed by atoms with E-state index in [1.165, 1.54) is 24.8 Å². The van der Waals surface area contributed by atoms with Crippen molar-refractivity contribution in [3.05, 3.63) is 11.6 Å². The van der Waals surface area contributed by atoms with Crippen LogP contribution in [0.15, 0.2) is 11.6 Å². The minimum absolute atomic E-state index is 0.215. The molecule has 92 valence electrons. The second-order valence-electron chi connectivity index (χ2n) is 6.93. The van der Waals surface area contributed by atoms with Crippen LogP contribution in [-0.4, -0.2) is 10.7 Å². The van der Waals surface area contributed by atoms with Crippen LogP contribution in [0.3, 0.4) is 0 Å². The quantitative estimate of drug-likeness (QED) is 0.616. The summed E-state index contributed by atoms with van der Waals surface area (Å²) >= 11 is 0. The molecular formula is C15H26O. The van der Waals surface area contributed by atoms with Gasteiger partial charge in [0.05, 0.1) is 5.60 Å². The number of hydrogen-bond acceptors (Lipinski definition) is 1. The highest BCUT2D eigenvalue weighted by atomic mass is 16.3. The summed E-state index contributed by atoms with van der Waals surface area (Å²) in [6, 6.07) is 0. The minimum atomic E-state index is -0.394. The molecule has 1 unspecified atom stereocenters. The number of allylic oxidation sites excluding steroid dienone is 1. The molecular weight excluding hydrogens is 196 g/mol. The maximum absolute atomic E-state index is 10.9. The second-order valence-corrected chi connectivity index (χ2v) is 6.93. The SMILES string of the molecule is CC1C=C(C(C)(C)C)C[C@]2(O)CCCC[C@H]12. The van der Waals surface area contributed by atoms with Crippen LogP contribution < -0.4 is 0 Å². The third-order valence-corrected chi connectivity index (χ3v) is 4.62. The van der Waals surface area contributed by atoms with Crippen LogP contribution >= 0.6 is 0 Å². The Balaban J connectivity index is 2.29. The first-order valence-corrected chi connectivity index (χ1v) is 6.76. The molecule has 2 aliphatic rings. The van der Waals surface area contributed by atoms with Crippen molar-refractivity contribution in [1.29, 1.82) is 0 Å². The summed E-state index contributed by atoms with van der Waals surface area (Å²) in [7, 11) is 0. The second kappa shape index (κ2) is 3.87. The van der Waals surface area contributed by atoms with E-state index in [4.69, 9.17) is 0 Å². The maximum Gasteiger partial charge on any atom is 0.0718 e. The first-order valence-electron chi connectivity index (χ1n) is 6.76. The van der Waals surface area contributed by atoms with Crippen LogP contribution in [0.5, 0.6) is 0 Å². The summed E-state index contributed by atoms with van der Waals surface area (Å²) in [5.74, 6) is 1.06. The predicted octanol–water partition coefficient (Wildman–Crippen LogP) is 3.92. The zero-order valence-corrected chi connectivity index (χ0v) is 11.2. The van der Waals surface area contributed by atoms with Crippen LogP contribution in [0.2, 0.25) is 0 Å². The molecule has 0 saturated heterocycles. The summed E-state index contributed by atoms with van der Waals surface area (Å²) in [4.78, 5) is 0. The molecule has 16 heavy (non-hydrogen) atoms. The Morgan fingerprint density at radius 1 is 1.31 bits per heavy atom. The topological polar surface area (TPSA) is 20.2 Å². The molecule has 0 spiro atoms. The Labute approximate surface area is 99.9 Å². The molecule has 0 aromatic carbocycles. The van der Waals surface area contributed by atoms with Gasteiger partial charge in [-0.25, -0.2) is 0 Å². The molecule has 2 rings (SSSR count). The lowest BCUT2D eigenvalue weighted by Gasteiger charge is -2.48. The monoisotopic (exact) mass is 222 g/mol. The van der Waals surface area contributed by atoms with Crippen molar-refractivity contribution in [2.75, 3.05) is 0 Å². The van der Waals surface area contributed by atoms with Crippen LogP contribution in [0.4, 0.5) is 0 Å². The van der Waals surface area contributed by atoms with Gasteiger partial charge >= 0.3 is 0 Å². The van der Waals surface area contributed by atoms with Gasteiger partial charge in [0, 0.05) is 0 Å². The van der Waals surface area contributed by atoms with Crippen LogP contribution in [-0.2, 0) is 0 Å². The van der Waals surface area contributed by atoms with Crippen molar-refractivity contribution in [3.63, 3.8) is 0 Å². The fourth-order valence-electron chi connectivity index (χ4n) is 3.56. The zero-order valence-electron chi connectivity index (χ0n) is 11.2. The molecule has 0 aromatic rings. The lowest BCUT2D eigenvalue weighted by atomic mass is 9.61. The van der Waals surface area contributed by atoms with Gasteiger partial charge in [-0.2, -0.15) is 0 Å². The highest BCUT2D eigenvalue weighted by molar-refractivity contribution is 5.21. The fourth-order valence-corrected chi connectivity index (χ4v) is 3.56. The van der Waals surface area contributed by atoms with E-state index in [-0.39, 0.29) is 5.41 Å². The molecule has 1 nitrogen and oxygen atoms in total. The van der Waals surface area contributed by atoms with E-state index >= 15 is 0 Å². The Kier molecular flexibility index (Phi) is 2.94. The molecule has 0 aliphatic heterocycles. The molecule has 2 aliphatic carbocycles. The zero-order chi connectivity index (χ0) is 12.0. The van der Waals surface area contributed by atoms with E-state index in [0.29, 0.717) is 11.8 Å². The minimum Gasteiger partial charge on any atom is -0.389 e. The summed E-state index contributed by atoms with van der Waals surface area (Å²) < 4.78 is 0. The standard InChI is InChI=1S/C15H26O/c1-11-9-12(14(2,3)4)10-15(16)8-6-5-7-13(11)15/h9,11,13,16H,5-8,10H2,1-4H3/t11?,13-,15-/m1/s1. The summed E-state index contributed by atoms with van der Waals surface area (Å²) in [5.41, 5.74) is 1.28. The number of aliphatic hydroxyl groups is 1. The van der Waals surface area contributed by atoms with Gasteiger partial charge in [0.1, 0.15) is 0 Å². The van der Waals surface area contributed by atoms with E-state index in [1.54, 1.807) is 0 Å². The third kappa shape index (κ3) is 2.07. The van der Waals surface area contributed by atoms with E-state index < -0.39 is 5.60 Å². The number of hydrogen-bond donors (Lipinski definition) is 1. The van der Waals surface area contributed by atoms with E-state index in [9.17, 15) is 5.11 Å². The lowest BCUT2D eigenvalue weighted by Crippen LogP contribution is -2.47. The highest BCUT2D eigenvalue weighted by Gasteiger charge is 2.45.